The van der Waals surface area contributed by atoms with Gasteiger partial charge in [-0.3, -0.25) is 9.59 Å². The van der Waals surface area contributed by atoms with E-state index >= 15 is 0 Å². The molecule has 0 spiro atoms. The van der Waals surface area contributed by atoms with Crippen molar-refractivity contribution >= 4 is 11.8 Å². The Labute approximate surface area is 98.2 Å². The second kappa shape index (κ2) is 4.45. The lowest BCUT2D eigenvalue weighted by molar-refractivity contribution is -0.149. The molecule has 0 unspecified atom stereocenters. The van der Waals surface area contributed by atoms with Crippen LogP contribution in [0.5, 0.6) is 0 Å². The zero-order valence-electron chi connectivity index (χ0n) is 9.38. The number of rotatable bonds is 2. The topological polar surface area (TPSA) is 82.5 Å². The predicted octanol–water partition coefficient (Wildman–Crippen LogP) is 0.968. The van der Waals surface area contributed by atoms with Gasteiger partial charge in [-0.1, -0.05) is 0 Å². The number of ketones is 1. The summed E-state index contributed by atoms with van der Waals surface area (Å²) < 4.78 is 9.90. The maximum Gasteiger partial charge on any atom is 0.317 e. The van der Waals surface area contributed by atoms with Gasteiger partial charge in [0.1, 0.15) is 11.7 Å². The van der Waals surface area contributed by atoms with E-state index < -0.39 is 11.9 Å². The van der Waals surface area contributed by atoms with E-state index in [-0.39, 0.29) is 11.7 Å². The number of allylic oxidation sites excluding steroid dienone is 2. The molecule has 5 nitrogen and oxygen atoms in total. The van der Waals surface area contributed by atoms with E-state index in [9.17, 15) is 9.59 Å². The third-order valence-corrected chi connectivity index (χ3v) is 2.86. The molecule has 0 saturated carbocycles. The van der Waals surface area contributed by atoms with Gasteiger partial charge in [0.2, 0.25) is 0 Å². The van der Waals surface area contributed by atoms with Crippen LogP contribution < -0.4 is 5.73 Å². The minimum absolute atomic E-state index is 0.331. The van der Waals surface area contributed by atoms with Gasteiger partial charge in [0, 0.05) is 17.7 Å². The van der Waals surface area contributed by atoms with Gasteiger partial charge >= 0.3 is 5.97 Å². The Kier molecular flexibility index (Phi) is 2.99. The molecule has 5 heteroatoms. The molecule has 17 heavy (non-hydrogen) atoms. The molecule has 1 aromatic heterocycles. The molecule has 2 rings (SSSR count). The Morgan fingerprint density at radius 1 is 1.59 bits per heavy atom. The molecule has 0 bridgehead atoms. The van der Waals surface area contributed by atoms with Gasteiger partial charge < -0.3 is 14.9 Å². The summed E-state index contributed by atoms with van der Waals surface area (Å²) in [5.74, 6) is -1.56. The van der Waals surface area contributed by atoms with Crippen LogP contribution in [-0.2, 0) is 14.3 Å². The van der Waals surface area contributed by atoms with Gasteiger partial charge in [-0.05, 0) is 18.6 Å². The van der Waals surface area contributed by atoms with Crippen molar-refractivity contribution in [2.24, 2.45) is 11.7 Å². The van der Waals surface area contributed by atoms with Gasteiger partial charge in [0.25, 0.3) is 0 Å². The normalized spacial score (nSPS) is 24.3. The highest BCUT2D eigenvalue weighted by Crippen LogP contribution is 2.35. The first-order chi connectivity index (χ1) is 8.13. The number of hydrogen-bond acceptors (Lipinski definition) is 5. The highest BCUT2D eigenvalue weighted by molar-refractivity contribution is 6.06. The van der Waals surface area contributed by atoms with E-state index in [1.54, 1.807) is 12.1 Å². The van der Waals surface area contributed by atoms with Gasteiger partial charge in [-0.2, -0.15) is 0 Å². The molecule has 1 aliphatic rings. The third-order valence-electron chi connectivity index (χ3n) is 2.86. The summed E-state index contributed by atoms with van der Waals surface area (Å²) in [6, 6.07) is 3.44. The number of carbonyl (C=O) groups excluding carboxylic acids is 2. The van der Waals surface area contributed by atoms with Crippen molar-refractivity contribution in [3.05, 3.63) is 35.9 Å². The van der Waals surface area contributed by atoms with Crippen LogP contribution in [0.15, 0.2) is 34.6 Å². The Bertz CT molecular complexity index is 461. The van der Waals surface area contributed by atoms with Crippen LogP contribution in [0.2, 0.25) is 0 Å². The monoisotopic (exact) mass is 235 g/mol. The summed E-state index contributed by atoms with van der Waals surface area (Å²) in [5, 5.41) is 0. The van der Waals surface area contributed by atoms with Gasteiger partial charge in [0.15, 0.2) is 5.78 Å². The largest absolute Gasteiger partial charge is 0.469 e. The Morgan fingerprint density at radius 2 is 2.35 bits per heavy atom. The first-order valence-corrected chi connectivity index (χ1v) is 5.24. The first-order valence-electron chi connectivity index (χ1n) is 5.24. The Balaban J connectivity index is 2.37. The number of hydrogen-bond donors (Lipinski definition) is 1. The molecule has 0 saturated heterocycles. The number of carbonyl (C=O) groups is 2. The molecule has 2 atom stereocenters. The molecule has 0 radical (unpaired) electrons. The first kappa shape index (κ1) is 11.4. The van der Waals surface area contributed by atoms with Crippen molar-refractivity contribution < 1.29 is 18.7 Å². The predicted molar refractivity (Wildman–Crippen MR) is 58.8 cm³/mol. The van der Waals surface area contributed by atoms with Crippen molar-refractivity contribution in [2.45, 2.75) is 12.3 Å². The average Bonchev–Trinajstić information content (AvgIpc) is 2.80. The molecule has 0 fully saturated rings. The van der Waals surface area contributed by atoms with E-state index in [1.165, 1.54) is 19.4 Å². The summed E-state index contributed by atoms with van der Waals surface area (Å²) in [4.78, 5) is 23.4. The quantitative estimate of drug-likeness (QED) is 0.610. The van der Waals surface area contributed by atoms with Crippen molar-refractivity contribution in [3.8, 4) is 0 Å². The highest BCUT2D eigenvalue weighted by Gasteiger charge is 2.40. The molecule has 1 heterocycles. The van der Waals surface area contributed by atoms with E-state index in [0.717, 1.165) is 0 Å². The maximum absolute atomic E-state index is 11.8. The van der Waals surface area contributed by atoms with Gasteiger partial charge in [-0.15, -0.1) is 0 Å². The molecule has 1 aromatic rings. The van der Waals surface area contributed by atoms with Crippen LogP contribution in [-0.4, -0.2) is 18.9 Å². The number of ether oxygens (including phenoxy) is 1. The van der Waals surface area contributed by atoms with Crippen LogP contribution in [0.1, 0.15) is 18.1 Å². The fourth-order valence-electron chi connectivity index (χ4n) is 2.08. The number of esters is 1. The molecule has 0 aliphatic heterocycles. The smallest absolute Gasteiger partial charge is 0.317 e. The van der Waals surface area contributed by atoms with Crippen molar-refractivity contribution in [1.29, 1.82) is 0 Å². The summed E-state index contributed by atoms with van der Waals surface area (Å²) in [5.41, 5.74) is 6.13. The van der Waals surface area contributed by atoms with E-state index in [4.69, 9.17) is 10.2 Å². The molecule has 1 aliphatic carbocycles. The molecule has 0 aromatic carbocycles. The lowest BCUT2D eigenvalue weighted by Gasteiger charge is -2.25. The van der Waals surface area contributed by atoms with Crippen molar-refractivity contribution in [3.63, 3.8) is 0 Å². The summed E-state index contributed by atoms with van der Waals surface area (Å²) >= 11 is 0. The van der Waals surface area contributed by atoms with Crippen LogP contribution in [0, 0.1) is 5.92 Å². The summed E-state index contributed by atoms with van der Waals surface area (Å²) in [7, 11) is 1.26. The second-order valence-electron chi connectivity index (χ2n) is 3.95. The van der Waals surface area contributed by atoms with Gasteiger partial charge in [-0.25, -0.2) is 0 Å². The molecule has 0 amide bonds. The van der Waals surface area contributed by atoms with Crippen LogP contribution in [0.25, 0.3) is 0 Å². The fraction of sp³-hybridized carbons (Fsp3) is 0.333. The second-order valence-corrected chi connectivity index (χ2v) is 3.95. The van der Waals surface area contributed by atoms with E-state index in [2.05, 4.69) is 4.74 Å². The summed E-state index contributed by atoms with van der Waals surface area (Å²) in [6.45, 7) is 0. The van der Waals surface area contributed by atoms with Crippen LogP contribution in [0.4, 0.5) is 0 Å². The summed E-state index contributed by atoms with van der Waals surface area (Å²) in [6.07, 6.45) is 3.21. The Morgan fingerprint density at radius 3 is 2.94 bits per heavy atom. The van der Waals surface area contributed by atoms with Crippen LogP contribution in [0.3, 0.4) is 0 Å². The lowest BCUT2D eigenvalue weighted by atomic mass is 9.79. The molecule has 2 N–H and O–H groups in total. The van der Waals surface area contributed by atoms with Crippen LogP contribution >= 0.6 is 0 Å². The fourth-order valence-corrected chi connectivity index (χ4v) is 2.08. The third kappa shape index (κ3) is 2.08. The number of furan rings is 1. The Hall–Kier alpha value is -2.04. The zero-order chi connectivity index (χ0) is 12.4. The zero-order valence-corrected chi connectivity index (χ0v) is 9.38. The number of methoxy groups -OCH3 is 1. The van der Waals surface area contributed by atoms with E-state index in [1.807, 2.05) is 0 Å². The minimum Gasteiger partial charge on any atom is -0.469 e. The minimum atomic E-state index is -0.863. The van der Waals surface area contributed by atoms with E-state index in [0.29, 0.717) is 17.9 Å². The number of nitrogens with two attached hydrogens (primary N) is 1. The van der Waals surface area contributed by atoms with Crippen molar-refractivity contribution in [1.82, 2.24) is 0 Å². The van der Waals surface area contributed by atoms with Crippen molar-refractivity contribution in [2.75, 3.05) is 7.11 Å². The average molecular weight is 235 g/mol. The van der Waals surface area contributed by atoms with Gasteiger partial charge in [0.05, 0.1) is 13.4 Å². The molecular weight excluding hydrogens is 222 g/mol. The molecule has 90 valence electrons. The molecular formula is C12H13NO4. The lowest BCUT2D eigenvalue weighted by Crippen LogP contribution is -2.34. The highest BCUT2D eigenvalue weighted by atomic mass is 16.5. The maximum atomic E-state index is 11.8. The SMILES string of the molecule is COC(=O)[C@H]1C(=O)C=C(N)C[C@@H]1c1ccco1. The standard InChI is InChI=1S/C12H13NO4/c1-16-12(15)11-8(10-3-2-4-17-10)5-7(13)6-9(11)14/h2-4,6,8,11H,5,13H2,1H3/t8-,11-/m1/s1.